The molecule has 0 amide bonds. The molecular weight excluding hydrogens is 572 g/mol. The molecule has 2 unspecified atom stereocenters. The summed E-state index contributed by atoms with van der Waals surface area (Å²) in [5.74, 6) is -0.185. The van der Waals surface area contributed by atoms with E-state index < -0.39 is 54.1 Å². The number of aromatic amines is 1. The van der Waals surface area contributed by atoms with Crippen LogP contribution >= 0.6 is 23.5 Å². The van der Waals surface area contributed by atoms with E-state index in [-0.39, 0.29) is 112 Å². The maximum absolute atomic E-state index is 12.1. The van der Waals surface area contributed by atoms with Crippen LogP contribution < -0.4 is 124 Å². The van der Waals surface area contributed by atoms with Gasteiger partial charge in [0, 0.05) is 6.42 Å². The first kappa shape index (κ1) is 36.5. The summed E-state index contributed by atoms with van der Waals surface area (Å²) in [6.07, 6.45) is -2.30. The standard InChI is InChI=1S/C11H18N5O13P3.3Na/c1-15-4-16(9-8(15)10(18)14-11(12)13-9)7-2-5(17)6(27-7)3-26-31(22,23)29-32(24,25)28-30(19,20)21;;;/h4-7,17H,2-3H2,1H3,(H6-,12,13,14,18,19,20,21,22,23,24,25);;;/q;3*+1/p-3/t5-,6+,7+;;;/m0.../s1. The molecule has 18 nitrogen and oxygen atoms in total. The molecule has 0 saturated carbocycles. The number of nitrogens with zero attached hydrogens (tertiary/aromatic N) is 3. The Morgan fingerprint density at radius 3 is 2.40 bits per heavy atom. The van der Waals surface area contributed by atoms with Gasteiger partial charge in [-0.3, -0.25) is 27.8 Å². The molecule has 5 atom stereocenters. The first-order valence-electron chi connectivity index (χ1n) is 8.38. The molecule has 0 bridgehead atoms. The quantitative estimate of drug-likeness (QED) is 0.147. The van der Waals surface area contributed by atoms with Crippen LogP contribution in [0.4, 0.5) is 5.95 Å². The number of aliphatic hydroxyl groups is 1. The van der Waals surface area contributed by atoms with E-state index in [2.05, 4.69) is 23.1 Å². The maximum Gasteiger partial charge on any atom is 1.00 e. The Morgan fingerprint density at radius 1 is 1.23 bits per heavy atom. The van der Waals surface area contributed by atoms with E-state index >= 15 is 0 Å². The normalized spacial score (nSPS) is 23.4. The van der Waals surface area contributed by atoms with Gasteiger partial charge >= 0.3 is 94.3 Å². The number of H-pyrrole nitrogens is 1. The number of phosphoric acid groups is 3. The maximum atomic E-state index is 12.1. The number of ether oxygens (including phenoxy) is 1. The molecule has 0 aromatic carbocycles. The van der Waals surface area contributed by atoms with E-state index in [9.17, 15) is 43.2 Å². The van der Waals surface area contributed by atoms with Crippen molar-refractivity contribution >= 4 is 40.6 Å². The Bertz CT molecular complexity index is 1240. The second-order valence-electron chi connectivity index (χ2n) is 6.49. The fraction of sp³-hybridized carbons (Fsp3) is 0.545. The molecule has 180 valence electrons. The number of nitrogens with two attached hydrogens (primary N) is 1. The zero-order valence-electron chi connectivity index (χ0n) is 18.8. The number of hydrogen-bond donors (Lipinski definition) is 3. The van der Waals surface area contributed by atoms with E-state index in [1.165, 1.54) is 22.5 Å². The largest absolute Gasteiger partial charge is 1.00 e. The van der Waals surface area contributed by atoms with Crippen LogP contribution in [0, 0.1) is 0 Å². The van der Waals surface area contributed by atoms with Crippen LogP contribution in [0.2, 0.25) is 0 Å². The summed E-state index contributed by atoms with van der Waals surface area (Å²) < 4.78 is 52.2. The minimum atomic E-state index is -6.12. The van der Waals surface area contributed by atoms with Gasteiger partial charge in [0.25, 0.3) is 27.2 Å². The predicted octanol–water partition coefficient (Wildman–Crippen LogP) is -13.4. The summed E-state index contributed by atoms with van der Waals surface area (Å²) in [7, 11) is -16.4. The van der Waals surface area contributed by atoms with Crippen molar-refractivity contribution in [3.63, 3.8) is 0 Å². The third-order valence-electron chi connectivity index (χ3n) is 4.10. The number of rotatable bonds is 8. The van der Waals surface area contributed by atoms with Crippen LogP contribution in [-0.4, -0.2) is 38.5 Å². The second-order valence-corrected chi connectivity index (χ2v) is 10.7. The molecule has 1 aliphatic heterocycles. The van der Waals surface area contributed by atoms with Crippen LogP contribution in [0.15, 0.2) is 11.1 Å². The van der Waals surface area contributed by atoms with Crippen LogP contribution in [-0.2, 0) is 38.6 Å². The van der Waals surface area contributed by atoms with Gasteiger partial charge in [-0.25, -0.2) is 8.88 Å². The van der Waals surface area contributed by atoms with Gasteiger partial charge in [0.2, 0.25) is 5.52 Å². The van der Waals surface area contributed by atoms with E-state index in [0.717, 1.165) is 0 Å². The van der Waals surface area contributed by atoms with Crippen LogP contribution in [0.5, 0.6) is 0 Å². The Kier molecular flexibility index (Phi) is 14.3. The molecule has 0 radical (unpaired) electrons. The fourth-order valence-corrected chi connectivity index (χ4v) is 5.83. The molecule has 1 aliphatic rings. The van der Waals surface area contributed by atoms with Crippen molar-refractivity contribution in [3.05, 3.63) is 16.7 Å². The summed E-state index contributed by atoms with van der Waals surface area (Å²) in [5, 5.41) is 10.2. The fourth-order valence-electron chi connectivity index (χ4n) is 2.96. The van der Waals surface area contributed by atoms with Crippen molar-refractivity contribution < 1.29 is 149 Å². The third kappa shape index (κ3) is 9.87. The Balaban J connectivity index is 0.00000385. The molecule has 1 saturated heterocycles. The van der Waals surface area contributed by atoms with Gasteiger partial charge < -0.3 is 44.2 Å². The van der Waals surface area contributed by atoms with Gasteiger partial charge in [0.1, 0.15) is 6.10 Å². The van der Waals surface area contributed by atoms with Crippen molar-refractivity contribution in [3.8, 4) is 0 Å². The van der Waals surface area contributed by atoms with Crippen molar-refractivity contribution in [1.82, 2.24) is 14.5 Å². The number of phosphoric ester groups is 1. The topological polar surface area (TPSA) is 281 Å². The van der Waals surface area contributed by atoms with Gasteiger partial charge in [0.15, 0.2) is 12.6 Å². The molecule has 4 N–H and O–H groups in total. The first-order chi connectivity index (χ1) is 14.6. The van der Waals surface area contributed by atoms with Crippen molar-refractivity contribution in [2.45, 2.75) is 24.9 Å². The van der Waals surface area contributed by atoms with Crippen molar-refractivity contribution in [2.75, 3.05) is 12.3 Å². The Labute approximate surface area is 262 Å². The van der Waals surface area contributed by atoms with Crippen molar-refractivity contribution in [1.29, 1.82) is 0 Å². The molecule has 2 aromatic heterocycles. The minimum Gasteiger partial charge on any atom is -0.790 e. The first-order valence-corrected chi connectivity index (χ1v) is 12.8. The Morgan fingerprint density at radius 2 is 1.83 bits per heavy atom. The van der Waals surface area contributed by atoms with Gasteiger partial charge in [0.05, 0.1) is 27.6 Å². The van der Waals surface area contributed by atoms with Gasteiger partial charge in [-0.1, -0.05) is 4.98 Å². The number of imidazole rings is 1. The second kappa shape index (κ2) is 13.7. The van der Waals surface area contributed by atoms with Crippen LogP contribution in [0.25, 0.3) is 11.2 Å². The smallest absolute Gasteiger partial charge is 0.790 e. The average molecular weight is 587 g/mol. The van der Waals surface area contributed by atoms with E-state index in [0.29, 0.717) is 0 Å². The zero-order chi connectivity index (χ0) is 24.1. The number of nitrogens with one attached hydrogen (secondary N) is 1. The van der Waals surface area contributed by atoms with Crippen LogP contribution in [0.3, 0.4) is 0 Å². The minimum absolute atomic E-state index is 0. The molecule has 0 aliphatic carbocycles. The SMILES string of the molecule is Cn1c[n+]([C@H]2C[C@H](O)[C@@H](COP(=O)([O-])OP(=O)([O-])OP(=O)([O-])[O-])O2)c2nc(N)[nH]c(=O)c21.[Na+].[Na+].[Na+]. The molecule has 0 spiro atoms. The molecule has 24 heteroatoms. The van der Waals surface area contributed by atoms with E-state index in [1.54, 1.807) is 0 Å². The summed E-state index contributed by atoms with van der Waals surface area (Å²) in [6, 6.07) is 0. The Hall–Kier alpha value is 1.48. The molecule has 35 heavy (non-hydrogen) atoms. The van der Waals surface area contributed by atoms with Gasteiger partial charge in [-0.05, 0) is 0 Å². The molecule has 3 rings (SSSR count). The number of anilines is 1. The predicted molar refractivity (Wildman–Crippen MR) is 91.4 cm³/mol. The summed E-state index contributed by atoms with van der Waals surface area (Å²) >= 11 is 0. The van der Waals surface area contributed by atoms with E-state index in [1.807, 2.05) is 0 Å². The molecule has 3 heterocycles. The number of hydrogen-bond acceptors (Lipinski definition) is 15. The molecule has 2 aromatic rings. The number of fused-ring (bicyclic) bond motifs is 1. The number of aliphatic hydroxyl groups excluding tert-OH is 1. The summed E-state index contributed by atoms with van der Waals surface area (Å²) in [4.78, 5) is 61.8. The average Bonchev–Trinajstić information content (AvgIpc) is 3.09. The zero-order valence-corrected chi connectivity index (χ0v) is 27.5. The molecular formula is C11H15N5Na3O13P3. The number of aromatic nitrogens is 4. The summed E-state index contributed by atoms with van der Waals surface area (Å²) in [5.41, 5.74) is 5.25. The molecule has 1 fully saturated rings. The monoisotopic (exact) mass is 587 g/mol. The van der Waals surface area contributed by atoms with E-state index in [4.69, 9.17) is 10.5 Å². The van der Waals surface area contributed by atoms with Crippen molar-refractivity contribution in [2.24, 2.45) is 7.05 Å². The van der Waals surface area contributed by atoms with Crippen LogP contribution in [0.1, 0.15) is 12.6 Å². The third-order valence-corrected chi connectivity index (χ3v) is 7.77. The number of aryl methyl sites for hydroxylation is 1. The number of nitrogen functional groups attached to an aromatic ring is 1. The van der Waals surface area contributed by atoms with Gasteiger partial charge in [-0.15, -0.1) is 0 Å². The van der Waals surface area contributed by atoms with Gasteiger partial charge in [-0.2, -0.15) is 0 Å². The summed E-state index contributed by atoms with van der Waals surface area (Å²) in [6.45, 7) is -0.952.